The molecule has 0 aromatic carbocycles. The summed E-state index contributed by atoms with van der Waals surface area (Å²) in [4.78, 5) is 170. The summed E-state index contributed by atoms with van der Waals surface area (Å²) in [6.45, 7) is 37.8. The Labute approximate surface area is 833 Å². The van der Waals surface area contributed by atoms with Crippen LogP contribution in [-0.2, 0) is 124 Å². The second kappa shape index (κ2) is 31.5. The molecule has 21 fully saturated rings. The third kappa shape index (κ3) is 12.2. The average molecular weight is 1990 g/mol. The zero-order valence-corrected chi connectivity index (χ0v) is 84.2. The highest BCUT2D eigenvalue weighted by atomic mass is 16.7. The summed E-state index contributed by atoms with van der Waals surface area (Å²) >= 11 is 0. The zero-order valence-electron chi connectivity index (χ0n) is 84.2. The molecular formula is C109H137BO33-. The summed E-state index contributed by atoms with van der Waals surface area (Å²) in [5, 5.41) is 34.0. The molecule has 34 heteroatoms. The van der Waals surface area contributed by atoms with E-state index in [1.165, 1.54) is 19.5 Å². The van der Waals surface area contributed by atoms with Gasteiger partial charge in [-0.3, -0.25) is 43.2 Å². The van der Waals surface area contributed by atoms with Gasteiger partial charge in [0.15, 0.2) is 18.3 Å². The van der Waals surface area contributed by atoms with Crippen molar-refractivity contribution in [2.24, 2.45) is 118 Å². The first-order valence-corrected chi connectivity index (χ1v) is 50.6. The fourth-order valence-electron chi connectivity index (χ4n) is 37.3. The van der Waals surface area contributed by atoms with E-state index in [0.717, 1.165) is 23.1 Å². The van der Waals surface area contributed by atoms with Crippen LogP contribution >= 0.6 is 0 Å². The van der Waals surface area contributed by atoms with E-state index in [0.29, 0.717) is 63.4 Å². The van der Waals surface area contributed by atoms with Crippen LogP contribution in [0.25, 0.3) is 0 Å². The number of ketones is 5. The van der Waals surface area contributed by atoms with Crippen LogP contribution in [-0.4, -0.2) is 203 Å². The first-order valence-electron chi connectivity index (χ1n) is 50.6. The Hall–Kier alpha value is -9.03. The van der Waals surface area contributed by atoms with Gasteiger partial charge in [-0.25, -0.2) is 14.4 Å². The van der Waals surface area contributed by atoms with Crippen LogP contribution in [0, 0.1) is 118 Å². The van der Waals surface area contributed by atoms with Crippen molar-refractivity contribution in [2.45, 2.75) is 360 Å². The van der Waals surface area contributed by atoms with Gasteiger partial charge in [0.1, 0.15) is 95.6 Å². The van der Waals surface area contributed by atoms with Gasteiger partial charge in [0.05, 0.1) is 138 Å². The van der Waals surface area contributed by atoms with Gasteiger partial charge in [-0.05, 0) is 191 Å². The van der Waals surface area contributed by atoms with E-state index in [-0.39, 0.29) is 194 Å². The molecule has 16 heterocycles. The predicted molar refractivity (Wildman–Crippen MR) is 494 cm³/mol. The van der Waals surface area contributed by atoms with E-state index < -0.39 is 194 Å². The van der Waals surface area contributed by atoms with Crippen molar-refractivity contribution in [2.75, 3.05) is 19.8 Å². The second-order valence-corrected chi connectivity index (χ2v) is 50.1. The number of carbonyl (C=O) groups is 13. The molecule has 25 rings (SSSR count). The molecule has 775 valence electrons. The normalized spacial score (nSPS) is 48.6. The maximum Gasteiger partial charge on any atom is 0.339 e. The number of carboxylic acid groups (broad SMARTS) is 2. The Morgan fingerprint density at radius 2 is 0.790 bits per heavy atom. The second-order valence-electron chi connectivity index (χ2n) is 50.1. The number of Topliss-reactive ketones (excluding diaryl/α,β-unsaturated/α-hetero) is 5. The molecule has 0 bridgehead atoms. The number of hydrogen-bond donors (Lipinski definition) is 2. The van der Waals surface area contributed by atoms with Crippen LogP contribution in [0.3, 0.4) is 0 Å². The largest absolute Gasteiger partial charge is 0.547 e. The highest BCUT2D eigenvalue weighted by Gasteiger charge is 2.94. The van der Waals surface area contributed by atoms with Gasteiger partial charge in [0.25, 0.3) is 0 Å². The fourth-order valence-corrected chi connectivity index (χ4v) is 37.3. The maximum atomic E-state index is 14.4. The first kappa shape index (κ1) is 101. The summed E-state index contributed by atoms with van der Waals surface area (Å²) in [5.41, 5.74) is -13.6. The van der Waals surface area contributed by atoms with Crippen molar-refractivity contribution in [3.63, 3.8) is 0 Å². The Morgan fingerprint density at radius 1 is 0.427 bits per heavy atom. The van der Waals surface area contributed by atoms with Crippen LogP contribution < -0.4 is 5.11 Å². The predicted octanol–water partition coefficient (Wildman–Crippen LogP) is 13.0. The molecule has 12 aliphatic heterocycles. The van der Waals surface area contributed by atoms with E-state index in [1.807, 2.05) is 74.4 Å². The number of cyclic esters (lactones) is 5. The Kier molecular flexibility index (Phi) is 22.3. The molecule has 2 N–H and O–H groups in total. The topological polar surface area (TPSA) is 471 Å². The molecule has 3 radical (unpaired) electrons. The SMILES string of the molecule is C.CC(=O)OC1CC(=O)CC(C)(C)C2CC(=O)C3(C)C(CC[C@@]4(C)[C@H](c5ccoc5)OC(=O)C5OC534)C12C.CC1(C)OC2CC(=O)OCC23C1CC(=O)C1(C)C3CC[C@@](C)([C@@H](O)c2ccoc2)C12OC2C(=O)[O-].CC1(C)OC2CC(=O)OCC23C1CC(=O)C1(C)C3CC[C@@]2(C)[C@H](c3ccoc3)OC(=O)C3OC312.C[C@@H](c1ccoc1)[C@]1(C)CCC2C34COC(=O)CC3OC(C)(C)C4CC(=O)C2(C)C12OC2C(=O)O.[2HH].[B]. The Morgan fingerprint density at radius 3 is 1.17 bits per heavy atom. The molecule has 143 heavy (non-hydrogen) atoms. The van der Waals surface area contributed by atoms with Gasteiger partial charge in [-0.2, -0.15) is 0 Å². The zero-order chi connectivity index (χ0) is 101. The third-order valence-electron chi connectivity index (χ3n) is 43.6. The molecule has 36 atom stereocenters. The molecule has 12 saturated heterocycles. The van der Waals surface area contributed by atoms with E-state index in [4.69, 9.17) is 79.2 Å². The monoisotopic (exact) mass is 1990 g/mol. The minimum absolute atomic E-state index is 0. The lowest BCUT2D eigenvalue weighted by molar-refractivity contribution is -0.307. The van der Waals surface area contributed by atoms with Gasteiger partial charge < -0.3 is 99.4 Å². The summed E-state index contributed by atoms with van der Waals surface area (Å²) in [5.74, 6) is -6.15. The summed E-state index contributed by atoms with van der Waals surface area (Å²) in [6, 6.07) is 7.15. The van der Waals surface area contributed by atoms with Crippen molar-refractivity contribution in [1.29, 1.82) is 0 Å². The molecule has 7 spiro atoms. The van der Waals surface area contributed by atoms with Crippen LogP contribution in [0.1, 0.15) is 296 Å². The first-order chi connectivity index (χ1) is 66.0. The number of carboxylic acids is 2. The Balaban J connectivity index is 0.000000121. The molecule has 9 aliphatic carbocycles. The number of ether oxygens (including phenoxy) is 13. The number of aliphatic carboxylic acids is 2. The smallest absolute Gasteiger partial charge is 0.339 e. The van der Waals surface area contributed by atoms with Crippen molar-refractivity contribution in [3.05, 3.63) is 96.6 Å². The quantitative estimate of drug-likeness (QED) is 0.0680. The highest BCUT2D eigenvalue weighted by molar-refractivity contribution is 5.97. The number of furan rings is 4. The number of esters is 6. The van der Waals surface area contributed by atoms with Gasteiger partial charge in [0, 0.05) is 133 Å². The molecule has 0 amide bonds. The van der Waals surface area contributed by atoms with Crippen LogP contribution in [0.5, 0.6) is 0 Å². The van der Waals surface area contributed by atoms with Gasteiger partial charge in [-0.1, -0.05) is 62.8 Å². The van der Waals surface area contributed by atoms with Gasteiger partial charge >= 0.3 is 41.8 Å². The number of aliphatic hydroxyl groups excluding tert-OH is 1. The van der Waals surface area contributed by atoms with Gasteiger partial charge in [-0.15, -0.1) is 0 Å². The van der Waals surface area contributed by atoms with Crippen molar-refractivity contribution >= 4 is 85.1 Å². The van der Waals surface area contributed by atoms with E-state index in [1.54, 1.807) is 63.6 Å². The molecule has 28 unspecified atom stereocenters. The molecule has 4 aromatic rings. The van der Waals surface area contributed by atoms with Gasteiger partial charge in [0.2, 0.25) is 0 Å². The molecular weight excluding hydrogens is 1850 g/mol. The standard InChI is InChI=1S/C29H36O8.C27H34O8.C26H32O9.C26H30O8.CH4.B.H2/c1-15(30)35-21-11-17(31)13-25(2,3)19-12-20(32)28(6)18(27(19,21)5)7-9-26(4)22(16-8-10-34-14-16)36-24(33)23-29(26,28)37-23;1-14(15-7-9-32-12-15)24(4)8-6-16-25(5,27(24)21(35-27)22(30)31)18(28)10-17-23(2,3)34-19-11-20(29)33-13-26(16,17)19;1-22(2)15-9-16(27)24(4)14(25(15)12-33-18(28)10-17(25)34-22)5-7-23(3,19(29)13-6-8-32-11-13)26(24)20(35-26)21(30)31;1-22(2)15-9-16(27)24(4)14(25(15)12-31-18(28)10-17(25)33-22)5-7-23(3)19(13-6-8-30-11-13)32-21(29)20-26(23,24)34-20;;;/h8,10,14,18-19,21-23H,7,9,11-13H2,1-6H3;7,9,12,14,16-17,19,21H,6,8,10-11,13H2,1-5H3,(H,30,31);6,8,11,14-15,17,19-20,29H,5,7,9-10,12H2,1-4H3,(H,30,31);6,8,11,14-15,17,19-20H,5,7,9-10,12H2,1-4H3;1H4;;1H/p-1/t18?,19?,21?,22-,23?,26-,27?,28?,29?;14-,16?,17?,19?,21?,24-,25?,26?,27?;2*14?,15?,17?,19-,20?,23-,24?,25?,26?;;;/m0000.../s1/i;;;;;;1+1. The molecule has 9 saturated carbocycles. The van der Waals surface area contributed by atoms with Crippen LogP contribution in [0.2, 0.25) is 0 Å². The summed E-state index contributed by atoms with van der Waals surface area (Å²) in [6.07, 6.45) is 11.3. The lowest BCUT2D eigenvalue weighted by Gasteiger charge is -2.66. The van der Waals surface area contributed by atoms with Crippen molar-refractivity contribution in [3.8, 4) is 0 Å². The number of hydrogen-bond acceptors (Lipinski definition) is 32. The number of epoxide rings is 4. The van der Waals surface area contributed by atoms with E-state index in [9.17, 15) is 77.6 Å². The van der Waals surface area contributed by atoms with E-state index >= 15 is 0 Å². The number of carbonyl (C=O) groups excluding carboxylic acids is 12. The molecule has 21 aliphatic rings. The fraction of sp³-hybridized carbons (Fsp3) is 0.734. The van der Waals surface area contributed by atoms with E-state index in [2.05, 4.69) is 48.5 Å². The lowest BCUT2D eigenvalue weighted by atomic mass is 9.36. The maximum absolute atomic E-state index is 14.4. The number of rotatable bonds is 9. The molecule has 4 aromatic heterocycles. The van der Waals surface area contributed by atoms with Crippen molar-refractivity contribution < 1.29 is 158 Å². The number of fused-ring (bicyclic) bond motifs is 8. The van der Waals surface area contributed by atoms with Crippen LogP contribution in [0.4, 0.5) is 0 Å². The lowest BCUT2D eigenvalue weighted by Crippen LogP contribution is -2.72. The third-order valence-corrected chi connectivity index (χ3v) is 43.6. The van der Waals surface area contributed by atoms with Crippen LogP contribution in [0.15, 0.2) is 92.0 Å². The number of aliphatic hydroxyl groups is 1. The Bertz CT molecular complexity index is 5810. The van der Waals surface area contributed by atoms with Crippen molar-refractivity contribution in [1.82, 2.24) is 0 Å². The minimum atomic E-state index is -1.49. The average Bonchev–Trinajstić information content (AvgIpc) is 1.46. The molecule has 33 nitrogen and oxygen atoms in total. The highest BCUT2D eigenvalue weighted by Crippen LogP contribution is 2.85. The minimum Gasteiger partial charge on any atom is -0.547 e. The summed E-state index contributed by atoms with van der Waals surface area (Å²) in [7, 11) is 0. The summed E-state index contributed by atoms with van der Waals surface area (Å²) < 4.78 is 101.